The number of hydrogen-bond donors (Lipinski definition) is 0. The molecule has 3 aromatic rings. The van der Waals surface area contributed by atoms with Crippen molar-refractivity contribution in [3.05, 3.63) is 100 Å². The fourth-order valence-electron chi connectivity index (χ4n) is 4.43. The van der Waals surface area contributed by atoms with Crippen LogP contribution >= 0.6 is 11.6 Å². The first kappa shape index (κ1) is 23.4. The molecule has 172 valence electrons. The summed E-state index contributed by atoms with van der Waals surface area (Å²) in [6.07, 6.45) is 3.48. The third-order valence-corrected chi connectivity index (χ3v) is 6.46. The number of methoxy groups -OCH3 is 1. The van der Waals surface area contributed by atoms with Gasteiger partial charge in [0.2, 0.25) is 0 Å². The van der Waals surface area contributed by atoms with Gasteiger partial charge in [-0.25, -0.2) is 0 Å². The molecule has 0 spiro atoms. The van der Waals surface area contributed by atoms with Crippen LogP contribution in [-0.2, 0) is 6.42 Å². The lowest BCUT2D eigenvalue weighted by Crippen LogP contribution is -2.25. The van der Waals surface area contributed by atoms with E-state index in [1.165, 1.54) is 48.2 Å². The lowest BCUT2D eigenvalue weighted by atomic mass is 9.90. The van der Waals surface area contributed by atoms with Gasteiger partial charge in [-0.05, 0) is 97.9 Å². The third-order valence-electron chi connectivity index (χ3n) is 6.21. The molecule has 0 atom stereocenters. The highest BCUT2D eigenvalue weighted by Crippen LogP contribution is 2.31. The largest absolute Gasteiger partial charge is 0.497 e. The molecule has 0 aromatic heterocycles. The van der Waals surface area contributed by atoms with E-state index in [4.69, 9.17) is 21.1 Å². The lowest BCUT2D eigenvalue weighted by Gasteiger charge is -2.16. The molecule has 1 heterocycles. The molecule has 3 aromatic carbocycles. The van der Waals surface area contributed by atoms with Crippen molar-refractivity contribution in [1.29, 1.82) is 0 Å². The van der Waals surface area contributed by atoms with Crippen molar-refractivity contribution >= 4 is 17.2 Å². The van der Waals surface area contributed by atoms with Crippen molar-refractivity contribution in [1.82, 2.24) is 4.90 Å². The van der Waals surface area contributed by atoms with Crippen LogP contribution in [0.4, 0.5) is 0 Å². The van der Waals surface area contributed by atoms with E-state index in [1.54, 1.807) is 7.11 Å². The average Bonchev–Trinajstić information content (AvgIpc) is 3.36. The molecular weight excluding hydrogens is 430 g/mol. The summed E-state index contributed by atoms with van der Waals surface area (Å²) in [6, 6.07) is 24.8. The van der Waals surface area contributed by atoms with Crippen molar-refractivity contribution in [2.45, 2.75) is 26.2 Å². The lowest BCUT2D eigenvalue weighted by molar-refractivity contribution is 0.238. The molecule has 4 heteroatoms. The number of halogens is 1. The standard InChI is InChI=1S/C29H32ClNO2/c1-22(21-23-5-13-27(32-2)14-6-23)29(24-7-11-26(30)12-8-24)25-9-15-28(16-10-25)33-20-19-31-17-3-4-18-31/h5-16H,3-4,17-21H2,1-2H3/b29-22+. The summed E-state index contributed by atoms with van der Waals surface area (Å²) < 4.78 is 11.3. The van der Waals surface area contributed by atoms with Crippen LogP contribution in [0.15, 0.2) is 78.4 Å². The Balaban J connectivity index is 1.54. The van der Waals surface area contributed by atoms with E-state index in [2.05, 4.69) is 60.4 Å². The van der Waals surface area contributed by atoms with E-state index in [1.807, 2.05) is 24.3 Å². The monoisotopic (exact) mass is 461 g/mol. The first-order chi connectivity index (χ1) is 16.1. The van der Waals surface area contributed by atoms with E-state index in [9.17, 15) is 0 Å². The fourth-order valence-corrected chi connectivity index (χ4v) is 4.56. The summed E-state index contributed by atoms with van der Waals surface area (Å²) in [6.45, 7) is 6.33. The topological polar surface area (TPSA) is 21.7 Å². The van der Waals surface area contributed by atoms with Crippen LogP contribution in [0.3, 0.4) is 0 Å². The Morgan fingerprint density at radius 3 is 2.00 bits per heavy atom. The Kier molecular flexibility index (Phi) is 8.09. The Labute approximate surface area is 202 Å². The Bertz CT molecular complexity index is 1050. The molecule has 1 aliphatic rings. The highest BCUT2D eigenvalue weighted by atomic mass is 35.5. The summed E-state index contributed by atoms with van der Waals surface area (Å²) in [5, 5.41) is 0.743. The molecular formula is C29H32ClNO2. The number of nitrogens with zero attached hydrogens (tertiary/aromatic N) is 1. The van der Waals surface area contributed by atoms with Crippen LogP contribution in [-0.4, -0.2) is 38.3 Å². The van der Waals surface area contributed by atoms with Crippen LogP contribution in [0.1, 0.15) is 36.5 Å². The van der Waals surface area contributed by atoms with E-state index >= 15 is 0 Å². The molecule has 0 aliphatic carbocycles. The van der Waals surface area contributed by atoms with E-state index in [0.717, 1.165) is 41.7 Å². The molecule has 0 bridgehead atoms. The Morgan fingerprint density at radius 1 is 0.818 bits per heavy atom. The van der Waals surface area contributed by atoms with E-state index in [-0.39, 0.29) is 0 Å². The van der Waals surface area contributed by atoms with Gasteiger partial charge in [0.25, 0.3) is 0 Å². The van der Waals surface area contributed by atoms with Crippen LogP contribution in [0, 0.1) is 0 Å². The van der Waals surface area contributed by atoms with Gasteiger partial charge in [-0.2, -0.15) is 0 Å². The zero-order chi connectivity index (χ0) is 23.0. The number of likely N-dealkylation sites (tertiary alicyclic amines) is 1. The Hall–Kier alpha value is -2.75. The molecule has 0 N–H and O–H groups in total. The van der Waals surface area contributed by atoms with Crippen molar-refractivity contribution in [3.63, 3.8) is 0 Å². The second-order valence-corrected chi connectivity index (χ2v) is 9.05. The zero-order valence-electron chi connectivity index (χ0n) is 19.5. The predicted octanol–water partition coefficient (Wildman–Crippen LogP) is 6.89. The number of rotatable bonds is 9. The quantitative estimate of drug-likeness (QED) is 0.346. The highest BCUT2D eigenvalue weighted by Gasteiger charge is 2.12. The zero-order valence-corrected chi connectivity index (χ0v) is 20.3. The van der Waals surface area contributed by atoms with Gasteiger partial charge in [0, 0.05) is 11.6 Å². The summed E-state index contributed by atoms with van der Waals surface area (Å²) in [5.74, 6) is 1.79. The number of benzene rings is 3. The molecule has 33 heavy (non-hydrogen) atoms. The van der Waals surface area contributed by atoms with Crippen molar-refractivity contribution in [2.24, 2.45) is 0 Å². The maximum atomic E-state index is 6.17. The minimum atomic E-state index is 0.732. The second kappa shape index (κ2) is 11.4. The van der Waals surface area contributed by atoms with Gasteiger partial charge >= 0.3 is 0 Å². The summed E-state index contributed by atoms with van der Waals surface area (Å²) in [4.78, 5) is 2.47. The van der Waals surface area contributed by atoms with Gasteiger partial charge in [-0.15, -0.1) is 0 Å². The predicted molar refractivity (Wildman–Crippen MR) is 137 cm³/mol. The van der Waals surface area contributed by atoms with Gasteiger partial charge in [-0.3, -0.25) is 4.90 Å². The van der Waals surface area contributed by atoms with E-state index < -0.39 is 0 Å². The molecule has 4 rings (SSSR count). The van der Waals surface area contributed by atoms with Gasteiger partial charge in [0.1, 0.15) is 18.1 Å². The molecule has 0 radical (unpaired) electrons. The summed E-state index contributed by atoms with van der Waals surface area (Å²) in [5.41, 5.74) is 6.11. The molecule has 1 saturated heterocycles. The van der Waals surface area contributed by atoms with Crippen molar-refractivity contribution in [2.75, 3.05) is 33.4 Å². The van der Waals surface area contributed by atoms with Crippen LogP contribution in [0.25, 0.3) is 5.57 Å². The minimum absolute atomic E-state index is 0.732. The van der Waals surface area contributed by atoms with Crippen LogP contribution in [0.5, 0.6) is 11.5 Å². The van der Waals surface area contributed by atoms with Gasteiger partial charge < -0.3 is 9.47 Å². The third kappa shape index (κ3) is 6.40. The average molecular weight is 462 g/mol. The number of allylic oxidation sites excluding steroid dienone is 1. The fraction of sp³-hybridized carbons (Fsp3) is 0.310. The molecule has 1 fully saturated rings. The number of hydrogen-bond acceptors (Lipinski definition) is 3. The second-order valence-electron chi connectivity index (χ2n) is 8.61. The molecule has 0 amide bonds. The summed E-state index contributed by atoms with van der Waals surface area (Å²) in [7, 11) is 1.69. The van der Waals surface area contributed by atoms with Crippen molar-refractivity contribution < 1.29 is 9.47 Å². The minimum Gasteiger partial charge on any atom is -0.497 e. The smallest absolute Gasteiger partial charge is 0.119 e. The molecule has 0 saturated carbocycles. The Morgan fingerprint density at radius 2 is 1.39 bits per heavy atom. The molecule has 1 aliphatic heterocycles. The van der Waals surface area contributed by atoms with E-state index in [0.29, 0.717) is 0 Å². The summed E-state index contributed by atoms with van der Waals surface area (Å²) >= 11 is 6.17. The molecule has 3 nitrogen and oxygen atoms in total. The van der Waals surface area contributed by atoms with Gasteiger partial charge in [-0.1, -0.05) is 53.6 Å². The van der Waals surface area contributed by atoms with Crippen LogP contribution in [0.2, 0.25) is 5.02 Å². The number of ether oxygens (including phenoxy) is 2. The first-order valence-electron chi connectivity index (χ1n) is 11.7. The van der Waals surface area contributed by atoms with Crippen molar-refractivity contribution in [3.8, 4) is 11.5 Å². The molecule has 0 unspecified atom stereocenters. The van der Waals surface area contributed by atoms with Gasteiger partial charge in [0.05, 0.1) is 7.11 Å². The SMILES string of the molecule is COc1ccc(C/C(C)=C(\c2ccc(Cl)cc2)c2ccc(OCCN3CCCC3)cc2)cc1. The highest BCUT2D eigenvalue weighted by molar-refractivity contribution is 6.30. The maximum absolute atomic E-state index is 6.17. The maximum Gasteiger partial charge on any atom is 0.119 e. The first-order valence-corrected chi connectivity index (χ1v) is 12.0. The van der Waals surface area contributed by atoms with Gasteiger partial charge in [0.15, 0.2) is 0 Å². The van der Waals surface area contributed by atoms with Crippen LogP contribution < -0.4 is 9.47 Å². The normalized spacial score (nSPS) is 14.8.